The first kappa shape index (κ1) is 22.2. The maximum Gasteiger partial charge on any atom is 0.416 e. The number of benzene rings is 2. The van der Waals surface area contributed by atoms with Gasteiger partial charge in [0, 0.05) is 29.2 Å². The number of aryl methyl sites for hydroxylation is 1. The van der Waals surface area contributed by atoms with E-state index >= 15 is 0 Å². The minimum Gasteiger partial charge on any atom is -0.508 e. The molecule has 0 radical (unpaired) electrons. The number of furan rings is 1. The Balaban J connectivity index is 1.68. The quantitative estimate of drug-likeness (QED) is 0.509. The highest BCUT2D eigenvalue weighted by Gasteiger charge is 2.30. The van der Waals surface area contributed by atoms with E-state index < -0.39 is 17.6 Å². The van der Waals surface area contributed by atoms with Crippen LogP contribution in [0.5, 0.6) is 5.75 Å². The molecule has 1 saturated heterocycles. The second-order valence-electron chi connectivity index (χ2n) is 8.31. The molecule has 0 bridgehead atoms. The molecule has 0 aliphatic carbocycles. The van der Waals surface area contributed by atoms with Gasteiger partial charge in [0.2, 0.25) is 0 Å². The minimum absolute atomic E-state index is 0.0830. The van der Waals surface area contributed by atoms with Gasteiger partial charge in [-0.2, -0.15) is 13.2 Å². The van der Waals surface area contributed by atoms with Crippen molar-refractivity contribution >= 4 is 22.6 Å². The molecule has 8 heteroatoms. The largest absolute Gasteiger partial charge is 0.508 e. The molecule has 2 N–H and O–H groups in total. The number of halogens is 3. The zero-order valence-corrected chi connectivity index (χ0v) is 17.9. The molecule has 3 aromatic rings. The number of aromatic hydroxyl groups is 1. The smallest absolute Gasteiger partial charge is 0.416 e. The molecule has 1 aromatic heterocycles. The van der Waals surface area contributed by atoms with Crippen LogP contribution in [0.1, 0.15) is 53.4 Å². The van der Waals surface area contributed by atoms with Crippen molar-refractivity contribution in [3.05, 3.63) is 58.8 Å². The van der Waals surface area contributed by atoms with Gasteiger partial charge in [0.05, 0.1) is 11.1 Å². The predicted octanol–water partition coefficient (Wildman–Crippen LogP) is 6.09. The van der Waals surface area contributed by atoms with Crippen LogP contribution >= 0.6 is 0 Å². The number of fused-ring (bicyclic) bond motifs is 1. The molecule has 0 spiro atoms. The van der Waals surface area contributed by atoms with E-state index in [1.54, 1.807) is 19.1 Å². The fraction of sp³-hybridized carbons (Fsp3) is 0.375. The highest BCUT2D eigenvalue weighted by Crippen LogP contribution is 2.36. The summed E-state index contributed by atoms with van der Waals surface area (Å²) in [5.41, 5.74) is 0.824. The fourth-order valence-corrected chi connectivity index (χ4v) is 4.33. The van der Waals surface area contributed by atoms with Gasteiger partial charge in [0.1, 0.15) is 17.1 Å². The number of phenols is 1. The Morgan fingerprint density at radius 2 is 1.91 bits per heavy atom. The van der Waals surface area contributed by atoms with Crippen LogP contribution in [0, 0.1) is 6.92 Å². The van der Waals surface area contributed by atoms with Crippen molar-refractivity contribution in [3.8, 4) is 5.75 Å². The molecular weight excluding hydrogens is 421 g/mol. The van der Waals surface area contributed by atoms with Gasteiger partial charge in [0.25, 0.3) is 5.91 Å². The van der Waals surface area contributed by atoms with Crippen molar-refractivity contribution in [1.29, 1.82) is 0 Å². The van der Waals surface area contributed by atoms with Crippen LogP contribution in [0.2, 0.25) is 0 Å². The Labute approximate surface area is 183 Å². The predicted molar refractivity (Wildman–Crippen MR) is 116 cm³/mol. The first-order valence-electron chi connectivity index (χ1n) is 10.6. The third-order valence-corrected chi connectivity index (χ3v) is 6.11. The molecule has 1 aliphatic rings. The highest BCUT2D eigenvalue weighted by atomic mass is 19.4. The number of nitrogens with zero attached hydrogens (tertiary/aromatic N) is 1. The van der Waals surface area contributed by atoms with Crippen molar-refractivity contribution in [2.75, 3.05) is 11.9 Å². The van der Waals surface area contributed by atoms with E-state index in [-0.39, 0.29) is 17.0 Å². The number of piperidine rings is 1. The minimum atomic E-state index is -4.45. The number of hydrogen-bond donors (Lipinski definition) is 2. The number of amides is 1. The normalized spacial score (nSPS) is 17.6. The van der Waals surface area contributed by atoms with E-state index in [4.69, 9.17) is 4.42 Å². The van der Waals surface area contributed by atoms with E-state index in [1.807, 2.05) is 0 Å². The van der Waals surface area contributed by atoms with E-state index in [9.17, 15) is 23.1 Å². The highest BCUT2D eigenvalue weighted by molar-refractivity contribution is 6.14. The summed E-state index contributed by atoms with van der Waals surface area (Å²) in [6.07, 6.45) is -1.13. The zero-order chi connectivity index (χ0) is 23.0. The summed E-state index contributed by atoms with van der Waals surface area (Å²) in [5.74, 6) is -0.0397. The van der Waals surface area contributed by atoms with Crippen LogP contribution in [0.25, 0.3) is 11.0 Å². The molecule has 170 valence electrons. The lowest BCUT2D eigenvalue weighted by atomic mass is 9.99. The first-order chi connectivity index (χ1) is 15.1. The molecule has 4 rings (SSSR count). The van der Waals surface area contributed by atoms with Crippen LogP contribution in [-0.4, -0.2) is 28.5 Å². The second kappa shape index (κ2) is 8.50. The number of carbonyl (C=O) groups is 1. The molecule has 32 heavy (non-hydrogen) atoms. The van der Waals surface area contributed by atoms with Gasteiger partial charge in [-0.3, -0.25) is 9.69 Å². The maximum atomic E-state index is 13.1. The number of alkyl halides is 3. The Kier molecular flexibility index (Phi) is 5.90. The molecule has 0 saturated carbocycles. The van der Waals surface area contributed by atoms with Crippen molar-refractivity contribution in [2.45, 2.75) is 51.9 Å². The van der Waals surface area contributed by atoms with E-state index in [2.05, 4.69) is 17.1 Å². The van der Waals surface area contributed by atoms with Crippen molar-refractivity contribution in [2.24, 2.45) is 0 Å². The number of likely N-dealkylation sites (tertiary alicyclic amines) is 1. The zero-order valence-electron chi connectivity index (χ0n) is 17.9. The lowest BCUT2D eigenvalue weighted by molar-refractivity contribution is -0.137. The second-order valence-corrected chi connectivity index (χ2v) is 8.31. The summed E-state index contributed by atoms with van der Waals surface area (Å²) in [6, 6.07) is 7.81. The van der Waals surface area contributed by atoms with E-state index in [0.29, 0.717) is 34.9 Å². The first-order valence-corrected chi connectivity index (χ1v) is 10.6. The van der Waals surface area contributed by atoms with Crippen molar-refractivity contribution < 1.29 is 27.5 Å². The van der Waals surface area contributed by atoms with Gasteiger partial charge in [-0.25, -0.2) is 0 Å². The van der Waals surface area contributed by atoms with Crippen LogP contribution in [-0.2, 0) is 12.7 Å². The Bertz CT molecular complexity index is 1140. The molecule has 1 fully saturated rings. The van der Waals surface area contributed by atoms with Gasteiger partial charge < -0.3 is 14.8 Å². The summed E-state index contributed by atoms with van der Waals surface area (Å²) >= 11 is 0. The lowest BCUT2D eigenvalue weighted by Crippen LogP contribution is -2.36. The molecule has 2 heterocycles. The van der Waals surface area contributed by atoms with Crippen molar-refractivity contribution in [3.63, 3.8) is 0 Å². The summed E-state index contributed by atoms with van der Waals surface area (Å²) < 4.78 is 44.2. The third-order valence-electron chi connectivity index (χ3n) is 6.11. The summed E-state index contributed by atoms with van der Waals surface area (Å²) in [6.45, 7) is 5.19. The number of hydrogen-bond acceptors (Lipinski definition) is 4. The topological polar surface area (TPSA) is 65.7 Å². The number of carbonyl (C=O) groups excluding carboxylic acids is 1. The van der Waals surface area contributed by atoms with Crippen LogP contribution in [0.4, 0.5) is 18.9 Å². The molecule has 1 aliphatic heterocycles. The van der Waals surface area contributed by atoms with Gasteiger partial charge >= 0.3 is 6.18 Å². The molecule has 0 unspecified atom stereocenters. The summed E-state index contributed by atoms with van der Waals surface area (Å²) in [5, 5.41) is 13.8. The number of phenolic OH excluding ortho intramolecular Hbond substituents is 1. The lowest BCUT2D eigenvalue weighted by Gasteiger charge is -2.33. The van der Waals surface area contributed by atoms with Crippen molar-refractivity contribution in [1.82, 2.24) is 4.90 Å². The summed E-state index contributed by atoms with van der Waals surface area (Å²) in [7, 11) is 0. The monoisotopic (exact) mass is 446 g/mol. The number of anilines is 1. The average Bonchev–Trinajstić information content (AvgIpc) is 3.07. The molecule has 5 nitrogen and oxygen atoms in total. The molecule has 1 amide bonds. The Morgan fingerprint density at radius 1 is 1.19 bits per heavy atom. The van der Waals surface area contributed by atoms with Gasteiger partial charge in [0.15, 0.2) is 0 Å². The number of rotatable bonds is 4. The maximum absolute atomic E-state index is 13.1. The molecule has 2 aromatic carbocycles. The molecule has 1 atom stereocenters. The third kappa shape index (κ3) is 4.32. The van der Waals surface area contributed by atoms with Crippen LogP contribution in [0.15, 0.2) is 40.8 Å². The number of nitrogens with one attached hydrogen (secondary N) is 1. The van der Waals surface area contributed by atoms with E-state index in [1.165, 1.54) is 18.6 Å². The van der Waals surface area contributed by atoms with Gasteiger partial charge in [-0.1, -0.05) is 6.42 Å². The fourth-order valence-electron chi connectivity index (χ4n) is 4.33. The van der Waals surface area contributed by atoms with E-state index in [0.717, 1.165) is 31.5 Å². The van der Waals surface area contributed by atoms with Crippen LogP contribution in [0.3, 0.4) is 0 Å². The standard InChI is InChI=1S/C24H25F3N2O3/c1-14-5-3-4-12-29(14)13-18-19(30)10-11-20-22(18)21(15(2)32-20)23(31)28-17-8-6-16(7-9-17)24(25,26)27/h6-11,14,30H,3-5,12-13H2,1-2H3,(H,28,31)/t14-/m1/s1. The van der Waals surface area contributed by atoms with Gasteiger partial charge in [-0.05, 0) is 69.6 Å². The summed E-state index contributed by atoms with van der Waals surface area (Å²) in [4.78, 5) is 15.4. The molecular formula is C24H25F3N2O3. The SMILES string of the molecule is Cc1oc2ccc(O)c(CN3CCCC[C@H]3C)c2c1C(=O)Nc1ccc(C(F)(F)F)cc1. The van der Waals surface area contributed by atoms with Gasteiger partial charge in [-0.15, -0.1) is 0 Å². The Morgan fingerprint density at radius 3 is 2.56 bits per heavy atom. The Hall–Kier alpha value is -3.00. The average molecular weight is 446 g/mol. The van der Waals surface area contributed by atoms with Crippen LogP contribution < -0.4 is 5.32 Å².